The molecule has 0 aliphatic rings. The Kier molecular flexibility index (Phi) is 4.51. The molecular weight excluding hydrogens is 325 g/mol. The summed E-state index contributed by atoms with van der Waals surface area (Å²) in [4.78, 5) is 25.3. The minimum Gasteiger partial charge on any atom is -0.493 e. The molecule has 0 aliphatic carbocycles. The van der Waals surface area contributed by atoms with Crippen LogP contribution in [0.3, 0.4) is 0 Å². The van der Waals surface area contributed by atoms with Crippen molar-refractivity contribution in [2.24, 2.45) is 0 Å². The average molecular weight is 339 g/mol. The Morgan fingerprint density at radius 1 is 1.20 bits per heavy atom. The second-order valence-electron chi connectivity index (χ2n) is 5.16. The molecule has 0 aliphatic heterocycles. The Bertz CT molecular complexity index is 905. The fourth-order valence-electron chi connectivity index (χ4n) is 2.20. The van der Waals surface area contributed by atoms with Crippen molar-refractivity contribution in [3.63, 3.8) is 0 Å². The van der Waals surface area contributed by atoms with Gasteiger partial charge in [-0.2, -0.15) is 0 Å². The van der Waals surface area contributed by atoms with Gasteiger partial charge in [0.05, 0.1) is 23.8 Å². The second-order valence-corrected chi connectivity index (χ2v) is 5.16. The molecule has 0 bridgehead atoms. The van der Waals surface area contributed by atoms with E-state index in [0.717, 1.165) is 0 Å². The Labute approximate surface area is 142 Å². The van der Waals surface area contributed by atoms with E-state index in [1.54, 1.807) is 24.3 Å². The van der Waals surface area contributed by atoms with E-state index in [1.807, 2.05) is 0 Å². The van der Waals surface area contributed by atoms with E-state index in [2.05, 4.69) is 20.3 Å². The highest BCUT2D eigenvalue weighted by Crippen LogP contribution is 2.28. The zero-order valence-electron chi connectivity index (χ0n) is 13.2. The standard InChI is InChI=1S/C17H14FN5O2/c1-23(12-8-19-10-20-9-12)15-7-11(5-6-13(15)18)21-17(25)14-3-2-4-16(24)22-14/h2-10H,1H3,(H,21,25)(H,22,24). The third kappa shape index (κ3) is 3.69. The number of hydrogen-bond donors (Lipinski definition) is 2. The van der Waals surface area contributed by atoms with Crippen LogP contribution in [0.25, 0.3) is 0 Å². The SMILES string of the molecule is CN(c1cncnc1)c1cc(NC(=O)c2cccc(O)n2)ccc1F. The molecule has 0 radical (unpaired) electrons. The number of halogens is 1. The van der Waals surface area contributed by atoms with Crippen molar-refractivity contribution in [2.75, 3.05) is 17.3 Å². The molecule has 7 nitrogen and oxygen atoms in total. The molecule has 2 aromatic heterocycles. The summed E-state index contributed by atoms with van der Waals surface area (Å²) in [5.41, 5.74) is 1.28. The lowest BCUT2D eigenvalue weighted by atomic mass is 10.2. The van der Waals surface area contributed by atoms with Crippen LogP contribution in [-0.4, -0.2) is 33.0 Å². The van der Waals surface area contributed by atoms with Crippen LogP contribution in [-0.2, 0) is 0 Å². The summed E-state index contributed by atoms with van der Waals surface area (Å²) in [6, 6.07) is 8.52. The number of amides is 1. The van der Waals surface area contributed by atoms with Gasteiger partial charge in [-0.1, -0.05) is 6.07 Å². The lowest BCUT2D eigenvalue weighted by Gasteiger charge is -2.20. The number of benzene rings is 1. The summed E-state index contributed by atoms with van der Waals surface area (Å²) < 4.78 is 14.2. The van der Waals surface area contributed by atoms with Gasteiger partial charge in [0.25, 0.3) is 5.91 Å². The number of aromatic hydroxyl groups is 1. The fraction of sp³-hybridized carbons (Fsp3) is 0.0588. The largest absolute Gasteiger partial charge is 0.493 e. The first kappa shape index (κ1) is 16.3. The molecule has 0 saturated carbocycles. The maximum absolute atomic E-state index is 14.2. The van der Waals surface area contributed by atoms with Crippen LogP contribution < -0.4 is 10.2 Å². The van der Waals surface area contributed by atoms with Crippen LogP contribution >= 0.6 is 0 Å². The molecule has 0 spiro atoms. The van der Waals surface area contributed by atoms with E-state index in [-0.39, 0.29) is 17.3 Å². The first-order valence-corrected chi connectivity index (χ1v) is 7.30. The molecule has 2 heterocycles. The predicted octanol–water partition coefficient (Wildman–Crippen LogP) is 2.74. The summed E-state index contributed by atoms with van der Waals surface area (Å²) in [7, 11) is 1.67. The highest BCUT2D eigenvalue weighted by molar-refractivity contribution is 6.03. The molecule has 126 valence electrons. The molecule has 0 unspecified atom stereocenters. The predicted molar refractivity (Wildman–Crippen MR) is 90.4 cm³/mol. The van der Waals surface area contributed by atoms with Crippen molar-refractivity contribution in [1.29, 1.82) is 0 Å². The highest BCUT2D eigenvalue weighted by atomic mass is 19.1. The van der Waals surface area contributed by atoms with Gasteiger partial charge in [-0.25, -0.2) is 19.3 Å². The van der Waals surface area contributed by atoms with E-state index < -0.39 is 11.7 Å². The summed E-state index contributed by atoms with van der Waals surface area (Å²) >= 11 is 0. The number of nitrogens with one attached hydrogen (secondary N) is 1. The van der Waals surface area contributed by atoms with Gasteiger partial charge >= 0.3 is 0 Å². The minimum absolute atomic E-state index is 0.0516. The second kappa shape index (κ2) is 6.91. The van der Waals surface area contributed by atoms with E-state index in [0.29, 0.717) is 11.4 Å². The summed E-state index contributed by atoms with van der Waals surface area (Å²) in [5, 5.41) is 12.0. The molecule has 3 rings (SSSR count). The van der Waals surface area contributed by atoms with Gasteiger partial charge in [-0.15, -0.1) is 0 Å². The van der Waals surface area contributed by atoms with E-state index in [1.165, 1.54) is 42.7 Å². The van der Waals surface area contributed by atoms with Crippen LogP contribution in [0, 0.1) is 5.82 Å². The van der Waals surface area contributed by atoms with Crippen molar-refractivity contribution in [1.82, 2.24) is 15.0 Å². The van der Waals surface area contributed by atoms with Gasteiger partial charge in [-0.05, 0) is 24.3 Å². The monoisotopic (exact) mass is 339 g/mol. The minimum atomic E-state index is -0.515. The van der Waals surface area contributed by atoms with Crippen molar-refractivity contribution in [3.05, 3.63) is 66.6 Å². The topological polar surface area (TPSA) is 91.2 Å². The Balaban J connectivity index is 1.85. The molecule has 0 fully saturated rings. The number of aromatic nitrogens is 3. The number of carbonyl (C=O) groups is 1. The lowest BCUT2D eigenvalue weighted by molar-refractivity contribution is 0.102. The van der Waals surface area contributed by atoms with Crippen molar-refractivity contribution >= 4 is 23.0 Å². The molecule has 25 heavy (non-hydrogen) atoms. The Hall–Kier alpha value is -3.55. The number of nitrogens with zero attached hydrogens (tertiary/aromatic N) is 4. The van der Waals surface area contributed by atoms with Crippen molar-refractivity contribution in [2.45, 2.75) is 0 Å². The molecule has 8 heteroatoms. The van der Waals surface area contributed by atoms with Gasteiger partial charge in [0.1, 0.15) is 17.8 Å². The third-order valence-corrected chi connectivity index (χ3v) is 3.47. The lowest BCUT2D eigenvalue weighted by Crippen LogP contribution is -2.15. The maximum Gasteiger partial charge on any atom is 0.274 e. The smallest absolute Gasteiger partial charge is 0.274 e. The van der Waals surface area contributed by atoms with E-state index in [4.69, 9.17) is 0 Å². The summed E-state index contributed by atoms with van der Waals surface area (Å²) in [5.74, 6) is -1.23. The van der Waals surface area contributed by atoms with Gasteiger partial charge in [-0.3, -0.25) is 4.79 Å². The number of carbonyl (C=O) groups excluding carboxylic acids is 1. The number of rotatable bonds is 4. The van der Waals surface area contributed by atoms with E-state index in [9.17, 15) is 14.3 Å². The number of hydrogen-bond acceptors (Lipinski definition) is 6. The number of pyridine rings is 1. The molecule has 1 aromatic carbocycles. The molecular formula is C17H14FN5O2. The van der Waals surface area contributed by atoms with Gasteiger partial charge in [0.15, 0.2) is 0 Å². The number of anilines is 3. The van der Waals surface area contributed by atoms with Gasteiger partial charge < -0.3 is 15.3 Å². The molecule has 0 saturated heterocycles. The molecule has 2 N–H and O–H groups in total. The zero-order valence-corrected chi connectivity index (χ0v) is 13.2. The van der Waals surface area contributed by atoms with Gasteiger partial charge in [0, 0.05) is 18.8 Å². The van der Waals surface area contributed by atoms with Crippen LogP contribution in [0.4, 0.5) is 21.5 Å². The van der Waals surface area contributed by atoms with Crippen LogP contribution in [0.15, 0.2) is 55.1 Å². The Morgan fingerprint density at radius 2 is 1.96 bits per heavy atom. The average Bonchev–Trinajstić information content (AvgIpc) is 2.63. The molecule has 1 amide bonds. The summed E-state index contributed by atoms with van der Waals surface area (Å²) in [6.45, 7) is 0. The Morgan fingerprint density at radius 3 is 2.68 bits per heavy atom. The fourth-order valence-corrected chi connectivity index (χ4v) is 2.20. The first-order chi connectivity index (χ1) is 12.0. The summed E-state index contributed by atoms with van der Waals surface area (Å²) in [6.07, 6.45) is 4.48. The maximum atomic E-state index is 14.2. The van der Waals surface area contributed by atoms with Crippen LogP contribution in [0.2, 0.25) is 0 Å². The highest BCUT2D eigenvalue weighted by Gasteiger charge is 2.13. The molecule has 0 atom stereocenters. The molecule has 3 aromatic rings. The van der Waals surface area contributed by atoms with Crippen LogP contribution in [0.5, 0.6) is 5.88 Å². The third-order valence-electron chi connectivity index (χ3n) is 3.47. The van der Waals surface area contributed by atoms with Crippen LogP contribution in [0.1, 0.15) is 10.5 Å². The van der Waals surface area contributed by atoms with Gasteiger partial charge in [0.2, 0.25) is 5.88 Å². The van der Waals surface area contributed by atoms with Crippen molar-refractivity contribution in [3.8, 4) is 5.88 Å². The van der Waals surface area contributed by atoms with E-state index >= 15 is 0 Å². The quantitative estimate of drug-likeness (QED) is 0.759. The van der Waals surface area contributed by atoms with Crippen molar-refractivity contribution < 1.29 is 14.3 Å². The zero-order chi connectivity index (χ0) is 17.8. The normalized spacial score (nSPS) is 10.3. The first-order valence-electron chi connectivity index (χ1n) is 7.30.